The normalized spacial score (nSPS) is 35.8. The minimum Gasteiger partial charge on any atom is -0.461 e. The van der Waals surface area contributed by atoms with Gasteiger partial charge in [0.05, 0.1) is 16.7 Å². The molecule has 0 aromatic heterocycles. The van der Waals surface area contributed by atoms with Crippen molar-refractivity contribution in [2.75, 3.05) is 6.61 Å². The number of fused-ring (bicyclic) bond motifs is 1. The molecule has 0 spiro atoms. The molecule has 126 valence electrons. The average Bonchev–Trinajstić information content (AvgIpc) is 3.17. The van der Waals surface area contributed by atoms with Crippen LogP contribution >= 0.6 is 27.5 Å². The van der Waals surface area contributed by atoms with Crippen molar-refractivity contribution < 1.29 is 23.9 Å². The molecule has 1 aromatic rings. The van der Waals surface area contributed by atoms with Crippen LogP contribution in [0.25, 0.3) is 0 Å². The Morgan fingerprint density at radius 1 is 1.25 bits per heavy atom. The number of ketones is 1. The molecule has 5 nitrogen and oxygen atoms in total. The fourth-order valence-electron chi connectivity index (χ4n) is 4.25. The smallest absolute Gasteiger partial charge is 0.310 e. The van der Waals surface area contributed by atoms with Crippen molar-refractivity contribution in [3.05, 3.63) is 34.9 Å². The number of halogens is 2. The number of benzene rings is 1. The minimum absolute atomic E-state index is 0.0188. The van der Waals surface area contributed by atoms with Crippen LogP contribution in [0.1, 0.15) is 16.8 Å². The van der Waals surface area contributed by atoms with E-state index in [1.54, 1.807) is 24.3 Å². The van der Waals surface area contributed by atoms with Crippen LogP contribution in [-0.2, 0) is 19.1 Å². The third kappa shape index (κ3) is 2.39. The van der Waals surface area contributed by atoms with E-state index in [0.29, 0.717) is 10.6 Å². The minimum atomic E-state index is -0.524. The topological polar surface area (TPSA) is 69.7 Å². The molecule has 1 saturated heterocycles. The van der Waals surface area contributed by atoms with Gasteiger partial charge in [-0.05, 0) is 36.6 Å². The average molecular weight is 414 g/mol. The second kappa shape index (κ2) is 5.85. The monoisotopic (exact) mass is 412 g/mol. The summed E-state index contributed by atoms with van der Waals surface area (Å²) in [5.41, 5.74) is 0.429. The molecule has 1 aliphatic heterocycles. The summed E-state index contributed by atoms with van der Waals surface area (Å²) in [6.45, 7) is -0.341. The number of Topliss-reactive ketones (excluding diaryl/α,β-unsaturated/α-hetero) is 1. The van der Waals surface area contributed by atoms with Gasteiger partial charge in [0.15, 0.2) is 12.4 Å². The van der Waals surface area contributed by atoms with Crippen LogP contribution in [0.2, 0.25) is 5.02 Å². The van der Waals surface area contributed by atoms with E-state index >= 15 is 0 Å². The van der Waals surface area contributed by atoms with Gasteiger partial charge in [-0.3, -0.25) is 14.4 Å². The molecule has 0 unspecified atom stereocenters. The van der Waals surface area contributed by atoms with E-state index in [0.717, 1.165) is 6.42 Å². The molecule has 0 radical (unpaired) electrons. The summed E-state index contributed by atoms with van der Waals surface area (Å²) in [6.07, 6.45) is 0.647. The number of alkyl halides is 1. The lowest BCUT2D eigenvalue weighted by atomic mass is 9.80. The first kappa shape index (κ1) is 16.1. The van der Waals surface area contributed by atoms with Crippen LogP contribution < -0.4 is 0 Å². The predicted molar refractivity (Wildman–Crippen MR) is 87.9 cm³/mol. The van der Waals surface area contributed by atoms with Gasteiger partial charge in [0.1, 0.15) is 6.10 Å². The molecule has 6 atom stereocenters. The molecule has 24 heavy (non-hydrogen) atoms. The van der Waals surface area contributed by atoms with Crippen molar-refractivity contribution in [1.82, 2.24) is 0 Å². The Hall–Kier alpha value is -1.40. The van der Waals surface area contributed by atoms with Crippen molar-refractivity contribution in [3.63, 3.8) is 0 Å². The van der Waals surface area contributed by atoms with Crippen LogP contribution in [0.15, 0.2) is 24.3 Å². The van der Waals surface area contributed by atoms with Gasteiger partial charge in [-0.15, -0.1) is 0 Å². The lowest BCUT2D eigenvalue weighted by molar-refractivity contribution is -0.154. The van der Waals surface area contributed by atoms with E-state index in [9.17, 15) is 14.4 Å². The van der Waals surface area contributed by atoms with Crippen LogP contribution in [-0.4, -0.2) is 35.3 Å². The van der Waals surface area contributed by atoms with Crippen LogP contribution in [0.5, 0.6) is 0 Å². The Balaban J connectivity index is 1.43. The zero-order valence-corrected chi connectivity index (χ0v) is 14.8. The van der Waals surface area contributed by atoms with Gasteiger partial charge >= 0.3 is 11.9 Å². The van der Waals surface area contributed by atoms with E-state index in [1.807, 2.05) is 0 Å². The van der Waals surface area contributed by atoms with Gasteiger partial charge in [-0.1, -0.05) is 27.5 Å². The first-order chi connectivity index (χ1) is 11.5. The van der Waals surface area contributed by atoms with Gasteiger partial charge in [-0.25, -0.2) is 0 Å². The third-order valence-electron chi connectivity index (χ3n) is 5.31. The Bertz CT molecular complexity index is 718. The van der Waals surface area contributed by atoms with Crippen molar-refractivity contribution in [2.24, 2.45) is 23.7 Å². The molecule has 0 amide bonds. The summed E-state index contributed by atoms with van der Waals surface area (Å²) >= 11 is 9.33. The summed E-state index contributed by atoms with van der Waals surface area (Å²) in [6, 6.07) is 6.39. The zero-order valence-electron chi connectivity index (χ0n) is 12.5. The summed E-state index contributed by atoms with van der Waals surface area (Å²) in [5, 5.41) is 0.531. The van der Waals surface area contributed by atoms with E-state index in [-0.39, 0.29) is 41.1 Å². The molecule has 2 aliphatic carbocycles. The van der Waals surface area contributed by atoms with Gasteiger partial charge in [-0.2, -0.15) is 0 Å². The maximum Gasteiger partial charge on any atom is 0.310 e. The van der Waals surface area contributed by atoms with Crippen molar-refractivity contribution in [2.45, 2.75) is 17.4 Å². The van der Waals surface area contributed by atoms with Crippen molar-refractivity contribution >= 4 is 45.3 Å². The Morgan fingerprint density at radius 3 is 2.67 bits per heavy atom. The molecule has 3 aliphatic rings. The van der Waals surface area contributed by atoms with Gasteiger partial charge < -0.3 is 9.47 Å². The van der Waals surface area contributed by atoms with Crippen LogP contribution in [0.4, 0.5) is 0 Å². The molecule has 4 rings (SSSR count). The molecule has 1 heterocycles. The predicted octanol–water partition coefficient (Wildman–Crippen LogP) is 2.64. The number of hydrogen-bond donors (Lipinski definition) is 0. The summed E-state index contributed by atoms with van der Waals surface area (Å²) in [7, 11) is 0. The maximum atomic E-state index is 12.5. The number of ether oxygens (including phenoxy) is 2. The third-order valence-corrected chi connectivity index (χ3v) is 6.76. The van der Waals surface area contributed by atoms with Gasteiger partial charge in [0, 0.05) is 16.5 Å². The molecular weight excluding hydrogens is 400 g/mol. The molecule has 3 fully saturated rings. The molecule has 0 N–H and O–H groups in total. The fraction of sp³-hybridized carbons (Fsp3) is 0.471. The summed E-state index contributed by atoms with van der Waals surface area (Å²) in [5.74, 6) is -1.95. The molecular formula is C17H14BrClO5. The largest absolute Gasteiger partial charge is 0.461 e. The molecule has 2 saturated carbocycles. The number of esters is 2. The number of rotatable bonds is 4. The van der Waals surface area contributed by atoms with E-state index in [2.05, 4.69) is 15.9 Å². The quantitative estimate of drug-likeness (QED) is 0.431. The lowest BCUT2D eigenvalue weighted by Gasteiger charge is -2.26. The highest BCUT2D eigenvalue weighted by molar-refractivity contribution is 9.09. The van der Waals surface area contributed by atoms with Crippen molar-refractivity contribution in [1.29, 1.82) is 0 Å². The molecule has 1 aromatic carbocycles. The number of carbonyl (C=O) groups is 3. The highest BCUT2D eigenvalue weighted by Crippen LogP contribution is 2.60. The summed E-state index contributed by atoms with van der Waals surface area (Å²) in [4.78, 5) is 36.6. The van der Waals surface area contributed by atoms with Crippen LogP contribution in [0.3, 0.4) is 0 Å². The Morgan fingerprint density at radius 2 is 1.96 bits per heavy atom. The zero-order chi connectivity index (χ0) is 17.0. The molecule has 2 bridgehead atoms. The highest BCUT2D eigenvalue weighted by atomic mass is 79.9. The van der Waals surface area contributed by atoms with Crippen LogP contribution in [0, 0.1) is 23.7 Å². The van der Waals surface area contributed by atoms with Gasteiger partial charge in [0.25, 0.3) is 0 Å². The van der Waals surface area contributed by atoms with E-state index in [1.165, 1.54) is 0 Å². The fourth-order valence-corrected chi connectivity index (χ4v) is 5.42. The standard InChI is InChI=1S/C17H14BrClO5/c18-14-9-5-10-13(17(22)24-15(10)14)12(9)16(21)23-6-11(20)7-1-3-8(19)4-2-7/h1-4,9-10,12-15H,5-6H2/t9-,10-,12+,13+,14-,15+/m1/s1. The Labute approximate surface area is 151 Å². The maximum absolute atomic E-state index is 12.5. The first-order valence-electron chi connectivity index (χ1n) is 7.77. The SMILES string of the molecule is O=C(COC(=O)[C@H]1[C@H]2C[C@H]3[C@H](OC(=O)[C@@H]31)[C@@H]2Br)c1ccc(Cl)cc1. The second-order valence-electron chi connectivity index (χ2n) is 6.50. The Kier molecular flexibility index (Phi) is 3.92. The molecule has 7 heteroatoms. The van der Waals surface area contributed by atoms with E-state index in [4.69, 9.17) is 21.1 Å². The number of carbonyl (C=O) groups excluding carboxylic acids is 3. The highest BCUT2D eigenvalue weighted by Gasteiger charge is 2.68. The summed E-state index contributed by atoms with van der Waals surface area (Å²) < 4.78 is 10.6. The second-order valence-corrected chi connectivity index (χ2v) is 7.99. The van der Waals surface area contributed by atoms with E-state index < -0.39 is 17.8 Å². The van der Waals surface area contributed by atoms with Crippen molar-refractivity contribution in [3.8, 4) is 0 Å². The first-order valence-corrected chi connectivity index (χ1v) is 9.06. The van der Waals surface area contributed by atoms with Gasteiger partial charge in [0.2, 0.25) is 0 Å². The lowest BCUT2D eigenvalue weighted by Crippen LogP contribution is -2.39. The number of hydrogen-bond acceptors (Lipinski definition) is 5.